The van der Waals surface area contributed by atoms with Gasteiger partial charge in [-0.2, -0.15) is 0 Å². The fourth-order valence-electron chi connectivity index (χ4n) is 0.728. The topological polar surface area (TPSA) is 86.6 Å². The van der Waals surface area contributed by atoms with E-state index in [4.69, 9.17) is 10.0 Å². The molecule has 2 heterocycles. The van der Waals surface area contributed by atoms with Gasteiger partial charge >= 0.3 is 118 Å². The molecule has 0 aromatic rings. The Morgan fingerprint density at radius 3 is 1.14 bits per heavy atom. The van der Waals surface area contributed by atoms with Gasteiger partial charge in [-0.25, -0.2) is 0 Å². The monoisotopic (exact) mass is 230 g/mol. The molecule has 0 amide bonds. The second kappa shape index (κ2) is 8.98. The van der Waals surface area contributed by atoms with Gasteiger partial charge in [0, 0.05) is 0 Å². The van der Waals surface area contributed by atoms with Crippen molar-refractivity contribution in [2.24, 2.45) is 0 Å². The molecule has 0 radical (unpaired) electrons. The molecule has 0 saturated carbocycles. The van der Waals surface area contributed by atoms with Crippen LogP contribution in [-0.2, 0) is 22.9 Å². The van der Waals surface area contributed by atoms with E-state index < -0.39 is 29.3 Å². The zero-order chi connectivity index (χ0) is 7.84. The van der Waals surface area contributed by atoms with Crippen molar-refractivity contribution in [3.8, 4) is 0 Å². The second-order valence-corrected chi connectivity index (χ2v) is 1.87. The maximum absolute atomic E-state index is 8.74. The molecule has 14 heteroatoms. The maximum atomic E-state index is 8.74. The van der Waals surface area contributed by atoms with Gasteiger partial charge in [-0.05, 0) is 0 Å². The van der Waals surface area contributed by atoms with Crippen molar-refractivity contribution in [2.75, 3.05) is 0 Å². The Morgan fingerprint density at radius 2 is 0.857 bits per heavy atom. The minimum atomic E-state index is -1.45. The van der Waals surface area contributed by atoms with Crippen LogP contribution in [0.2, 0.25) is 0 Å². The molecule has 2 bridgehead atoms. The first-order valence-corrected chi connectivity index (χ1v) is 2.87. The van der Waals surface area contributed by atoms with E-state index in [9.17, 15) is 0 Å². The van der Waals surface area contributed by atoms with E-state index in [1.807, 2.05) is 0 Å². The Bertz CT molecular complexity index is 126. The summed E-state index contributed by atoms with van der Waals surface area (Å²) in [6, 6.07) is 0. The summed E-state index contributed by atoms with van der Waals surface area (Å²) in [7, 11) is -5.20. The first-order chi connectivity index (χ1) is 5.24. The summed E-state index contributed by atoms with van der Waals surface area (Å²) in [5, 5.41) is 17.5. The predicted octanol–water partition coefficient (Wildman–Crippen LogP) is -4.92. The molecule has 2 aliphatic heterocycles. The number of hydrogen-bond donors (Lipinski definition) is 2. The Morgan fingerprint density at radius 1 is 0.571 bits per heavy atom. The summed E-state index contributed by atoms with van der Waals surface area (Å²) in [6.45, 7) is 0. The molecule has 2 N–H and O–H groups in total. The van der Waals surface area contributed by atoms with Crippen molar-refractivity contribution < 1.29 is 32.9 Å². The molecule has 0 unspecified atom stereocenters. The standard InChI is InChI=1S/B4H2O7.3Na.3H/c5-1-7-3-9-2(6)10-4(8-1)11-3;;;;;;/h5-6H;;;;;;. The van der Waals surface area contributed by atoms with Gasteiger partial charge in [0.05, 0.1) is 0 Å². The van der Waals surface area contributed by atoms with Crippen molar-refractivity contribution in [2.45, 2.75) is 0 Å². The van der Waals surface area contributed by atoms with E-state index in [2.05, 4.69) is 22.9 Å². The van der Waals surface area contributed by atoms with Crippen LogP contribution in [0.5, 0.6) is 0 Å². The fraction of sp³-hybridized carbons (Fsp3) is 0. The number of fused-ring (bicyclic) bond motifs is 2. The summed E-state index contributed by atoms with van der Waals surface area (Å²) in [5.74, 6) is 0. The Balaban J connectivity index is 0. The van der Waals surface area contributed by atoms with Crippen LogP contribution in [0.3, 0.4) is 0 Å². The van der Waals surface area contributed by atoms with Gasteiger partial charge in [-0.3, -0.25) is 0 Å². The van der Waals surface area contributed by atoms with E-state index in [-0.39, 0.29) is 88.7 Å². The first-order valence-electron chi connectivity index (χ1n) is 2.87. The quantitative estimate of drug-likeness (QED) is 0.402. The SMILES string of the molecule is OB1OB2OB(O)OB(O1)O2.[NaH].[NaH].[NaH]. The van der Waals surface area contributed by atoms with Gasteiger partial charge in [0.25, 0.3) is 0 Å². The Kier molecular flexibility index (Phi) is 12.4. The zero-order valence-electron chi connectivity index (χ0n) is 5.25. The van der Waals surface area contributed by atoms with Crippen LogP contribution >= 0.6 is 0 Å². The predicted molar refractivity (Wildman–Crippen MR) is 54.3 cm³/mol. The molecule has 14 heavy (non-hydrogen) atoms. The van der Waals surface area contributed by atoms with Gasteiger partial charge in [0.1, 0.15) is 0 Å². The third-order valence-corrected chi connectivity index (χ3v) is 1.13. The summed E-state index contributed by atoms with van der Waals surface area (Å²) < 4.78 is 22.6. The van der Waals surface area contributed by atoms with Crippen LogP contribution in [0.1, 0.15) is 0 Å². The molecule has 2 rings (SSSR count). The zero-order valence-corrected chi connectivity index (χ0v) is 5.25. The molecule has 0 aromatic heterocycles. The van der Waals surface area contributed by atoms with Gasteiger partial charge in [-0.1, -0.05) is 0 Å². The van der Waals surface area contributed by atoms with Gasteiger partial charge in [0.15, 0.2) is 0 Å². The van der Waals surface area contributed by atoms with Crippen LogP contribution in [0.25, 0.3) is 0 Å². The van der Waals surface area contributed by atoms with Crippen LogP contribution in [0, 0.1) is 0 Å². The Hall–Kier alpha value is 2.98. The van der Waals surface area contributed by atoms with Crippen LogP contribution in [0.4, 0.5) is 0 Å². The molecular formula is H5B4Na3O7. The molecule has 2 fully saturated rings. The van der Waals surface area contributed by atoms with E-state index in [1.165, 1.54) is 0 Å². The summed E-state index contributed by atoms with van der Waals surface area (Å²) in [4.78, 5) is 0. The van der Waals surface area contributed by atoms with Crippen LogP contribution in [0.15, 0.2) is 0 Å². The number of hydrogen-bond acceptors (Lipinski definition) is 7. The normalized spacial score (nSPS) is 19.3. The minimum absolute atomic E-state index is 0. The van der Waals surface area contributed by atoms with E-state index >= 15 is 0 Å². The molecule has 7 nitrogen and oxygen atoms in total. The summed E-state index contributed by atoms with van der Waals surface area (Å²) in [5.41, 5.74) is 0. The van der Waals surface area contributed by atoms with Crippen molar-refractivity contribution in [3.05, 3.63) is 0 Å². The molecule has 2 saturated heterocycles. The van der Waals surface area contributed by atoms with Crippen LogP contribution < -0.4 is 0 Å². The van der Waals surface area contributed by atoms with Crippen LogP contribution in [-0.4, -0.2) is 128 Å². The van der Waals surface area contributed by atoms with Gasteiger partial charge in [0.2, 0.25) is 0 Å². The van der Waals surface area contributed by atoms with Crippen molar-refractivity contribution in [3.63, 3.8) is 0 Å². The molecule has 2 aliphatic rings. The van der Waals surface area contributed by atoms with Crippen molar-refractivity contribution in [1.82, 2.24) is 0 Å². The third kappa shape index (κ3) is 5.54. The molecular weight excluding hydrogens is 224 g/mol. The van der Waals surface area contributed by atoms with Crippen molar-refractivity contribution in [1.29, 1.82) is 0 Å². The molecule has 0 aromatic carbocycles. The first kappa shape index (κ1) is 19.3. The fourth-order valence-corrected chi connectivity index (χ4v) is 0.728. The van der Waals surface area contributed by atoms with Gasteiger partial charge < -0.3 is 32.9 Å². The van der Waals surface area contributed by atoms with Gasteiger partial charge in [-0.15, -0.1) is 0 Å². The third-order valence-electron chi connectivity index (χ3n) is 1.13. The molecule has 0 spiro atoms. The molecule has 0 aliphatic carbocycles. The molecule has 0 atom stereocenters. The van der Waals surface area contributed by atoms with E-state index in [0.717, 1.165) is 0 Å². The summed E-state index contributed by atoms with van der Waals surface area (Å²) >= 11 is 0. The molecule has 62 valence electrons. The average Bonchev–Trinajstić information content (AvgIpc) is 1.82. The van der Waals surface area contributed by atoms with E-state index in [1.54, 1.807) is 0 Å². The Labute approximate surface area is 148 Å². The second-order valence-electron chi connectivity index (χ2n) is 1.87. The van der Waals surface area contributed by atoms with E-state index in [0.29, 0.717) is 0 Å². The van der Waals surface area contributed by atoms with Crippen molar-refractivity contribution >= 4 is 118 Å². The summed E-state index contributed by atoms with van der Waals surface area (Å²) in [6.07, 6.45) is 0. The average molecular weight is 229 g/mol. The number of rotatable bonds is 0.